The second kappa shape index (κ2) is 5.99. The molecule has 0 aromatic carbocycles. The number of aryl methyl sites for hydroxylation is 1. The Labute approximate surface area is 124 Å². The largest absolute Gasteiger partial charge is 0.348 e. The van der Waals surface area contributed by atoms with Crippen molar-refractivity contribution in [2.75, 3.05) is 6.54 Å². The summed E-state index contributed by atoms with van der Waals surface area (Å²) in [6, 6.07) is 2.19. The zero-order valence-corrected chi connectivity index (χ0v) is 13.2. The molecular weight excluding hydrogens is 268 g/mol. The minimum atomic E-state index is 0.0267. The molecule has 1 heterocycles. The van der Waals surface area contributed by atoms with Crippen LogP contribution in [0.2, 0.25) is 0 Å². The number of nitrogens with two attached hydrogens (primary N) is 1. The average molecular weight is 290 g/mol. The molecule has 1 atom stereocenters. The van der Waals surface area contributed by atoms with E-state index < -0.39 is 0 Å². The average Bonchev–Trinajstić information content (AvgIpc) is 2.91. The van der Waals surface area contributed by atoms with Crippen molar-refractivity contribution in [2.24, 2.45) is 11.1 Å². The first-order valence-electron chi connectivity index (χ1n) is 7.04. The Balaban J connectivity index is 2.10. The van der Waals surface area contributed by atoms with E-state index in [-0.39, 0.29) is 17.4 Å². The first-order chi connectivity index (χ1) is 9.44. The van der Waals surface area contributed by atoms with Crippen molar-refractivity contribution in [2.45, 2.75) is 46.1 Å². The van der Waals surface area contributed by atoms with Crippen LogP contribution in [0.1, 0.15) is 53.2 Å². The maximum absolute atomic E-state index is 12.4. The van der Waals surface area contributed by atoms with E-state index in [4.69, 9.17) is 5.73 Å². The summed E-state index contributed by atoms with van der Waals surface area (Å²) in [5.74, 6) is 5.89. The Kier molecular flexibility index (Phi) is 4.52. The van der Waals surface area contributed by atoms with Gasteiger partial charge < -0.3 is 11.1 Å². The van der Waals surface area contributed by atoms with Gasteiger partial charge in [0.2, 0.25) is 0 Å². The molecule has 108 valence electrons. The molecule has 1 amide bonds. The van der Waals surface area contributed by atoms with E-state index in [0.717, 1.165) is 21.7 Å². The van der Waals surface area contributed by atoms with E-state index in [0.29, 0.717) is 6.54 Å². The Morgan fingerprint density at radius 1 is 1.60 bits per heavy atom. The molecule has 1 aromatic rings. The Morgan fingerprint density at radius 3 is 2.95 bits per heavy atom. The van der Waals surface area contributed by atoms with Gasteiger partial charge in [-0.3, -0.25) is 4.79 Å². The molecule has 20 heavy (non-hydrogen) atoms. The highest BCUT2D eigenvalue weighted by molar-refractivity contribution is 7.14. The van der Waals surface area contributed by atoms with Gasteiger partial charge in [0.1, 0.15) is 0 Å². The lowest BCUT2D eigenvalue weighted by atomic mass is 9.87. The Morgan fingerprint density at radius 2 is 2.35 bits per heavy atom. The maximum atomic E-state index is 12.4. The number of amides is 1. The van der Waals surface area contributed by atoms with Gasteiger partial charge in [-0.2, -0.15) is 0 Å². The van der Waals surface area contributed by atoms with Gasteiger partial charge in [-0.25, -0.2) is 0 Å². The molecule has 0 aliphatic heterocycles. The van der Waals surface area contributed by atoms with Crippen LogP contribution in [0.25, 0.3) is 0 Å². The third kappa shape index (κ3) is 3.23. The highest BCUT2D eigenvalue weighted by Crippen LogP contribution is 2.37. The smallest absolute Gasteiger partial charge is 0.261 e. The highest BCUT2D eigenvalue weighted by Gasteiger charge is 2.35. The summed E-state index contributed by atoms with van der Waals surface area (Å²) in [7, 11) is 0. The van der Waals surface area contributed by atoms with Crippen LogP contribution in [0.4, 0.5) is 0 Å². The number of carbonyl (C=O) groups excluding carboxylic acids is 1. The first-order valence-corrected chi connectivity index (χ1v) is 7.86. The van der Waals surface area contributed by atoms with Crippen LogP contribution in [0.5, 0.6) is 0 Å². The fourth-order valence-electron chi connectivity index (χ4n) is 2.67. The molecule has 1 aliphatic rings. The minimum Gasteiger partial charge on any atom is -0.348 e. The summed E-state index contributed by atoms with van der Waals surface area (Å²) in [5, 5.41) is 3.18. The molecule has 1 unspecified atom stereocenters. The van der Waals surface area contributed by atoms with Crippen LogP contribution >= 0.6 is 11.3 Å². The molecule has 1 fully saturated rings. The van der Waals surface area contributed by atoms with Crippen LogP contribution in [0.3, 0.4) is 0 Å². The number of carbonyl (C=O) groups is 1. The summed E-state index contributed by atoms with van der Waals surface area (Å²) >= 11 is 1.45. The predicted octanol–water partition coefficient (Wildman–Crippen LogP) is 2.68. The molecule has 1 saturated carbocycles. The van der Waals surface area contributed by atoms with Gasteiger partial charge in [0.15, 0.2) is 0 Å². The lowest BCUT2D eigenvalue weighted by Crippen LogP contribution is -2.41. The molecule has 0 spiro atoms. The molecular formula is C16H22N2OS. The molecule has 0 bridgehead atoms. The van der Waals surface area contributed by atoms with Crippen molar-refractivity contribution in [1.82, 2.24) is 5.32 Å². The monoisotopic (exact) mass is 290 g/mol. The van der Waals surface area contributed by atoms with Gasteiger partial charge in [0.25, 0.3) is 5.91 Å². The van der Waals surface area contributed by atoms with Gasteiger partial charge in [-0.1, -0.05) is 32.1 Å². The lowest BCUT2D eigenvalue weighted by molar-refractivity contribution is 0.0914. The van der Waals surface area contributed by atoms with E-state index >= 15 is 0 Å². The van der Waals surface area contributed by atoms with E-state index in [9.17, 15) is 4.79 Å². The SMILES string of the molecule is Cc1cc(C(=O)NC2CCCC2(C)C)sc1C#CCN. The van der Waals surface area contributed by atoms with Gasteiger partial charge in [-0.05, 0) is 36.8 Å². The molecule has 2 rings (SSSR count). The summed E-state index contributed by atoms with van der Waals surface area (Å²) in [6.07, 6.45) is 3.44. The molecule has 4 heteroatoms. The minimum absolute atomic E-state index is 0.0267. The predicted molar refractivity (Wildman–Crippen MR) is 83.9 cm³/mol. The molecule has 3 nitrogen and oxygen atoms in total. The second-order valence-corrected chi connectivity index (χ2v) is 7.09. The quantitative estimate of drug-likeness (QED) is 0.823. The third-order valence-electron chi connectivity index (χ3n) is 4.01. The maximum Gasteiger partial charge on any atom is 0.261 e. The van der Waals surface area contributed by atoms with Crippen molar-refractivity contribution in [1.29, 1.82) is 0 Å². The van der Waals surface area contributed by atoms with Crippen molar-refractivity contribution >= 4 is 17.2 Å². The molecule has 3 N–H and O–H groups in total. The van der Waals surface area contributed by atoms with E-state index in [1.807, 2.05) is 13.0 Å². The fraction of sp³-hybridized carbons (Fsp3) is 0.562. The molecule has 1 aliphatic carbocycles. The second-order valence-electron chi connectivity index (χ2n) is 6.04. The zero-order chi connectivity index (χ0) is 14.8. The van der Waals surface area contributed by atoms with E-state index in [1.54, 1.807) is 0 Å². The van der Waals surface area contributed by atoms with Crippen molar-refractivity contribution in [3.8, 4) is 11.8 Å². The lowest BCUT2D eigenvalue weighted by Gasteiger charge is -2.27. The molecule has 0 radical (unpaired) electrons. The van der Waals surface area contributed by atoms with E-state index in [2.05, 4.69) is 31.0 Å². The van der Waals surface area contributed by atoms with Gasteiger partial charge >= 0.3 is 0 Å². The van der Waals surface area contributed by atoms with Gasteiger partial charge in [0, 0.05) is 6.04 Å². The van der Waals surface area contributed by atoms with Crippen LogP contribution in [0, 0.1) is 24.2 Å². The van der Waals surface area contributed by atoms with Gasteiger partial charge in [0.05, 0.1) is 16.3 Å². The number of thiophene rings is 1. The molecule has 1 aromatic heterocycles. The number of hydrogen-bond acceptors (Lipinski definition) is 3. The Hall–Kier alpha value is -1.31. The third-order valence-corrected chi connectivity index (χ3v) is 5.16. The fourth-order valence-corrected chi connectivity index (χ4v) is 3.62. The number of hydrogen-bond donors (Lipinski definition) is 2. The number of nitrogens with one attached hydrogen (secondary N) is 1. The topological polar surface area (TPSA) is 55.1 Å². The molecule has 0 saturated heterocycles. The van der Waals surface area contributed by atoms with Crippen LogP contribution in [0.15, 0.2) is 6.07 Å². The normalized spacial score (nSPS) is 20.3. The Bertz CT molecular complexity index is 563. The van der Waals surface area contributed by atoms with Crippen molar-refractivity contribution < 1.29 is 4.79 Å². The van der Waals surface area contributed by atoms with E-state index in [1.165, 1.54) is 24.2 Å². The van der Waals surface area contributed by atoms with Gasteiger partial charge in [-0.15, -0.1) is 11.3 Å². The first kappa shape index (κ1) is 15.1. The van der Waals surface area contributed by atoms with Crippen molar-refractivity contribution in [3.63, 3.8) is 0 Å². The summed E-state index contributed by atoms with van der Waals surface area (Å²) in [6.45, 7) is 6.77. The van der Waals surface area contributed by atoms with Crippen molar-refractivity contribution in [3.05, 3.63) is 21.4 Å². The zero-order valence-electron chi connectivity index (χ0n) is 12.4. The summed E-state index contributed by atoms with van der Waals surface area (Å²) < 4.78 is 0. The summed E-state index contributed by atoms with van der Waals surface area (Å²) in [4.78, 5) is 14.0. The van der Waals surface area contributed by atoms with Crippen LogP contribution < -0.4 is 11.1 Å². The van der Waals surface area contributed by atoms with Crippen LogP contribution in [-0.4, -0.2) is 18.5 Å². The number of rotatable bonds is 2. The highest BCUT2D eigenvalue weighted by atomic mass is 32.1. The van der Waals surface area contributed by atoms with Crippen LogP contribution in [-0.2, 0) is 0 Å². The summed E-state index contributed by atoms with van der Waals surface area (Å²) in [5.41, 5.74) is 6.63. The standard InChI is InChI=1S/C16H22N2OS/c1-11-10-13(20-12(11)6-5-9-17)15(19)18-14-7-4-8-16(14,2)3/h10,14H,4,7-9,17H2,1-3H3,(H,18,19).